The molecule has 0 radical (unpaired) electrons. The van der Waals surface area contributed by atoms with Crippen LogP contribution in [-0.2, 0) is 11.3 Å². The lowest BCUT2D eigenvalue weighted by Gasteiger charge is -2.16. The minimum atomic E-state index is -0.788. The standard InChI is InChI=1S/C16H23NO3/c1-12(16(19)20)15-4-2-13(3-5-15)10-17-8-6-14(11-17)7-9-18/h2-5,12,14,18H,6-11H2,1H3,(H,19,20). The molecule has 0 spiro atoms. The molecule has 0 bridgehead atoms. The molecule has 1 aromatic carbocycles. The van der Waals surface area contributed by atoms with Crippen LogP contribution in [0.2, 0.25) is 0 Å². The van der Waals surface area contributed by atoms with Crippen LogP contribution in [-0.4, -0.2) is 40.8 Å². The summed E-state index contributed by atoms with van der Waals surface area (Å²) in [5.74, 6) is -0.625. The summed E-state index contributed by atoms with van der Waals surface area (Å²) in [6, 6.07) is 7.87. The Morgan fingerprint density at radius 1 is 1.40 bits per heavy atom. The number of carboxylic acids is 1. The summed E-state index contributed by atoms with van der Waals surface area (Å²) >= 11 is 0. The van der Waals surface area contributed by atoms with Crippen LogP contribution in [0.3, 0.4) is 0 Å². The van der Waals surface area contributed by atoms with Gasteiger partial charge in [-0.05, 0) is 43.4 Å². The molecule has 0 aliphatic carbocycles. The number of likely N-dealkylation sites (tertiary alicyclic amines) is 1. The smallest absolute Gasteiger partial charge is 0.310 e. The number of hydrogen-bond donors (Lipinski definition) is 2. The van der Waals surface area contributed by atoms with Crippen LogP contribution in [0.4, 0.5) is 0 Å². The molecule has 1 saturated heterocycles. The lowest BCUT2D eigenvalue weighted by Crippen LogP contribution is -2.20. The first-order valence-corrected chi connectivity index (χ1v) is 7.25. The second-order valence-corrected chi connectivity index (χ2v) is 5.70. The highest BCUT2D eigenvalue weighted by Crippen LogP contribution is 2.22. The van der Waals surface area contributed by atoms with Gasteiger partial charge in [-0.2, -0.15) is 0 Å². The van der Waals surface area contributed by atoms with Crippen molar-refractivity contribution in [2.75, 3.05) is 19.7 Å². The zero-order valence-electron chi connectivity index (χ0n) is 12.0. The van der Waals surface area contributed by atoms with Gasteiger partial charge in [-0.15, -0.1) is 0 Å². The molecule has 1 fully saturated rings. The molecular formula is C16H23NO3. The van der Waals surface area contributed by atoms with Gasteiger partial charge in [0.25, 0.3) is 0 Å². The highest BCUT2D eigenvalue weighted by molar-refractivity contribution is 5.75. The number of carboxylic acid groups (broad SMARTS) is 1. The largest absolute Gasteiger partial charge is 0.481 e. The molecule has 4 heteroatoms. The Morgan fingerprint density at radius 2 is 2.10 bits per heavy atom. The molecule has 0 saturated carbocycles. The summed E-state index contributed by atoms with van der Waals surface area (Å²) in [6.07, 6.45) is 2.06. The molecule has 2 atom stereocenters. The van der Waals surface area contributed by atoms with Crippen molar-refractivity contribution in [1.82, 2.24) is 4.90 Å². The van der Waals surface area contributed by atoms with Crippen molar-refractivity contribution in [3.8, 4) is 0 Å². The SMILES string of the molecule is CC(C(=O)O)c1ccc(CN2CCC(CCO)C2)cc1. The Labute approximate surface area is 120 Å². The summed E-state index contributed by atoms with van der Waals surface area (Å²) in [7, 11) is 0. The van der Waals surface area contributed by atoms with Gasteiger partial charge < -0.3 is 10.2 Å². The zero-order chi connectivity index (χ0) is 14.5. The molecule has 20 heavy (non-hydrogen) atoms. The summed E-state index contributed by atoms with van der Waals surface area (Å²) < 4.78 is 0. The first-order chi connectivity index (χ1) is 9.60. The second kappa shape index (κ2) is 6.86. The van der Waals surface area contributed by atoms with Gasteiger partial charge in [0.2, 0.25) is 0 Å². The van der Waals surface area contributed by atoms with Crippen molar-refractivity contribution >= 4 is 5.97 Å². The van der Waals surface area contributed by atoms with Crippen LogP contribution in [0.15, 0.2) is 24.3 Å². The van der Waals surface area contributed by atoms with E-state index in [0.29, 0.717) is 5.92 Å². The maximum Gasteiger partial charge on any atom is 0.310 e. The quantitative estimate of drug-likeness (QED) is 0.835. The minimum absolute atomic E-state index is 0.278. The maximum absolute atomic E-state index is 10.9. The molecule has 1 aliphatic rings. The Balaban J connectivity index is 1.90. The molecule has 1 aliphatic heterocycles. The van der Waals surface area contributed by atoms with E-state index in [1.807, 2.05) is 24.3 Å². The van der Waals surface area contributed by atoms with Crippen molar-refractivity contribution < 1.29 is 15.0 Å². The van der Waals surface area contributed by atoms with E-state index in [1.54, 1.807) is 6.92 Å². The van der Waals surface area contributed by atoms with Crippen molar-refractivity contribution in [3.05, 3.63) is 35.4 Å². The van der Waals surface area contributed by atoms with Gasteiger partial charge in [-0.25, -0.2) is 0 Å². The average Bonchev–Trinajstić information content (AvgIpc) is 2.86. The number of benzene rings is 1. The van der Waals surface area contributed by atoms with E-state index >= 15 is 0 Å². The zero-order valence-corrected chi connectivity index (χ0v) is 12.0. The predicted octanol–water partition coefficient (Wildman–Crippen LogP) is 2.08. The molecule has 2 N–H and O–H groups in total. The fourth-order valence-corrected chi connectivity index (χ4v) is 2.79. The van der Waals surface area contributed by atoms with Gasteiger partial charge in [0.1, 0.15) is 0 Å². The van der Waals surface area contributed by atoms with Crippen molar-refractivity contribution in [2.45, 2.75) is 32.2 Å². The van der Waals surface area contributed by atoms with Crippen molar-refractivity contribution in [3.63, 3.8) is 0 Å². The molecule has 2 rings (SSSR count). The van der Waals surface area contributed by atoms with E-state index in [4.69, 9.17) is 10.2 Å². The lowest BCUT2D eigenvalue weighted by molar-refractivity contribution is -0.138. The van der Waals surface area contributed by atoms with Crippen molar-refractivity contribution in [1.29, 1.82) is 0 Å². The summed E-state index contributed by atoms with van der Waals surface area (Å²) in [5.41, 5.74) is 2.07. The van der Waals surface area contributed by atoms with Crippen LogP contribution in [0.1, 0.15) is 36.8 Å². The fraction of sp³-hybridized carbons (Fsp3) is 0.562. The number of rotatable bonds is 6. The number of nitrogens with zero attached hydrogens (tertiary/aromatic N) is 1. The van der Waals surface area contributed by atoms with E-state index in [0.717, 1.165) is 38.0 Å². The third-order valence-electron chi connectivity index (χ3n) is 4.16. The summed E-state index contributed by atoms with van der Waals surface area (Å²) in [4.78, 5) is 13.3. The third-order valence-corrected chi connectivity index (χ3v) is 4.16. The normalized spacial score (nSPS) is 21.0. The van der Waals surface area contributed by atoms with Crippen LogP contribution in [0.25, 0.3) is 0 Å². The van der Waals surface area contributed by atoms with Gasteiger partial charge in [0.15, 0.2) is 0 Å². The molecule has 0 amide bonds. The van der Waals surface area contributed by atoms with Crippen molar-refractivity contribution in [2.24, 2.45) is 5.92 Å². The highest BCUT2D eigenvalue weighted by Gasteiger charge is 2.21. The average molecular weight is 277 g/mol. The Morgan fingerprint density at radius 3 is 2.70 bits per heavy atom. The molecule has 1 heterocycles. The number of aliphatic hydroxyl groups excluding tert-OH is 1. The monoisotopic (exact) mass is 277 g/mol. The number of hydrogen-bond acceptors (Lipinski definition) is 3. The maximum atomic E-state index is 10.9. The number of aliphatic carboxylic acids is 1. The summed E-state index contributed by atoms with van der Waals surface area (Å²) in [5, 5.41) is 17.9. The second-order valence-electron chi connectivity index (χ2n) is 5.70. The van der Waals surface area contributed by atoms with Gasteiger partial charge in [-0.1, -0.05) is 24.3 Å². The molecular weight excluding hydrogens is 254 g/mol. The predicted molar refractivity (Wildman–Crippen MR) is 77.6 cm³/mol. The third kappa shape index (κ3) is 3.81. The van der Waals surface area contributed by atoms with Crippen LogP contribution in [0.5, 0.6) is 0 Å². The Bertz CT molecular complexity index is 444. The van der Waals surface area contributed by atoms with Gasteiger partial charge in [0.05, 0.1) is 5.92 Å². The Hall–Kier alpha value is -1.39. The highest BCUT2D eigenvalue weighted by atomic mass is 16.4. The molecule has 110 valence electrons. The lowest BCUT2D eigenvalue weighted by atomic mass is 10.00. The minimum Gasteiger partial charge on any atom is -0.481 e. The van der Waals surface area contributed by atoms with Gasteiger partial charge >= 0.3 is 5.97 Å². The van der Waals surface area contributed by atoms with Crippen LogP contribution >= 0.6 is 0 Å². The van der Waals surface area contributed by atoms with E-state index < -0.39 is 11.9 Å². The molecule has 2 unspecified atom stereocenters. The van der Waals surface area contributed by atoms with E-state index in [-0.39, 0.29) is 6.61 Å². The van der Waals surface area contributed by atoms with E-state index in [1.165, 1.54) is 5.56 Å². The molecule has 1 aromatic rings. The van der Waals surface area contributed by atoms with Gasteiger partial charge in [0, 0.05) is 19.7 Å². The topological polar surface area (TPSA) is 60.8 Å². The molecule has 0 aromatic heterocycles. The number of carbonyl (C=O) groups is 1. The number of aliphatic hydroxyl groups is 1. The van der Waals surface area contributed by atoms with Crippen LogP contribution < -0.4 is 0 Å². The van der Waals surface area contributed by atoms with Gasteiger partial charge in [-0.3, -0.25) is 9.69 Å². The van der Waals surface area contributed by atoms with E-state index in [2.05, 4.69) is 4.90 Å². The van der Waals surface area contributed by atoms with E-state index in [9.17, 15) is 4.79 Å². The molecule has 4 nitrogen and oxygen atoms in total. The fourth-order valence-electron chi connectivity index (χ4n) is 2.79. The summed E-state index contributed by atoms with van der Waals surface area (Å²) in [6.45, 7) is 5.02. The first kappa shape index (κ1) is 15.0. The van der Waals surface area contributed by atoms with Crippen LogP contribution in [0, 0.1) is 5.92 Å². The Kier molecular flexibility index (Phi) is 5.15. The first-order valence-electron chi connectivity index (χ1n) is 7.25.